The fourth-order valence-corrected chi connectivity index (χ4v) is 2.91. The summed E-state index contributed by atoms with van der Waals surface area (Å²) in [5, 5.41) is 4.46. The smallest absolute Gasteiger partial charge is 0.135 e. The zero-order chi connectivity index (χ0) is 17.8. The molecule has 5 nitrogen and oxygen atoms in total. The third-order valence-electron chi connectivity index (χ3n) is 4.20. The van der Waals surface area contributed by atoms with Gasteiger partial charge in [0.25, 0.3) is 0 Å². The van der Waals surface area contributed by atoms with Gasteiger partial charge in [0.2, 0.25) is 0 Å². The Bertz CT molecular complexity index is 1010. The van der Waals surface area contributed by atoms with Crippen LogP contribution in [0.15, 0.2) is 79.3 Å². The second-order valence-electron chi connectivity index (χ2n) is 6.11. The highest BCUT2D eigenvalue weighted by Crippen LogP contribution is 2.25. The molecule has 128 valence electrons. The number of hydrogen-bond donors (Lipinski definition) is 1. The molecule has 0 aliphatic rings. The van der Waals surface area contributed by atoms with Crippen molar-refractivity contribution in [1.29, 1.82) is 0 Å². The van der Waals surface area contributed by atoms with E-state index in [-0.39, 0.29) is 0 Å². The van der Waals surface area contributed by atoms with Crippen LogP contribution in [0.25, 0.3) is 10.9 Å². The van der Waals surface area contributed by atoms with E-state index in [9.17, 15) is 0 Å². The summed E-state index contributed by atoms with van der Waals surface area (Å²) >= 11 is 0. The van der Waals surface area contributed by atoms with Gasteiger partial charge in [-0.25, -0.2) is 9.97 Å². The molecule has 0 fully saturated rings. The predicted octanol–water partition coefficient (Wildman–Crippen LogP) is 4.40. The summed E-state index contributed by atoms with van der Waals surface area (Å²) in [7, 11) is 2.03. The number of pyridine rings is 1. The first kappa shape index (κ1) is 16.0. The van der Waals surface area contributed by atoms with Gasteiger partial charge in [-0.05, 0) is 17.7 Å². The molecule has 5 heteroatoms. The van der Waals surface area contributed by atoms with E-state index in [1.165, 1.54) is 5.56 Å². The molecule has 0 atom stereocenters. The van der Waals surface area contributed by atoms with E-state index >= 15 is 0 Å². The Labute approximate surface area is 152 Å². The lowest BCUT2D eigenvalue weighted by atomic mass is 10.2. The first-order valence-corrected chi connectivity index (χ1v) is 8.47. The van der Waals surface area contributed by atoms with Gasteiger partial charge >= 0.3 is 0 Å². The molecule has 0 unspecified atom stereocenters. The second-order valence-corrected chi connectivity index (χ2v) is 6.11. The minimum atomic E-state index is 0.744. The molecule has 2 aromatic carbocycles. The highest BCUT2D eigenvalue weighted by atomic mass is 15.2. The van der Waals surface area contributed by atoms with Crippen LogP contribution in [0, 0.1) is 0 Å². The SMILES string of the molecule is CN(Cc1ccccc1)c1cc(Nc2cccc3cccnc23)ncn1. The Kier molecular flexibility index (Phi) is 4.43. The van der Waals surface area contributed by atoms with Gasteiger partial charge in [-0.2, -0.15) is 0 Å². The van der Waals surface area contributed by atoms with Crippen LogP contribution in [-0.4, -0.2) is 22.0 Å². The minimum Gasteiger partial charge on any atom is -0.355 e. The molecular weight excluding hydrogens is 322 g/mol. The lowest BCUT2D eigenvalue weighted by Crippen LogP contribution is -2.17. The standard InChI is InChI=1S/C21H19N5/c1-26(14-16-7-3-2-4-8-16)20-13-19(23-15-24-20)25-18-11-5-9-17-10-6-12-22-21(17)18/h2-13,15H,14H2,1H3,(H,23,24,25). The number of rotatable bonds is 5. The van der Waals surface area contributed by atoms with Gasteiger partial charge in [-0.1, -0.05) is 48.5 Å². The number of nitrogens with one attached hydrogen (secondary N) is 1. The molecule has 0 saturated carbocycles. The quantitative estimate of drug-likeness (QED) is 0.583. The second kappa shape index (κ2) is 7.19. The first-order valence-electron chi connectivity index (χ1n) is 8.47. The maximum Gasteiger partial charge on any atom is 0.135 e. The Morgan fingerprint density at radius 3 is 2.62 bits per heavy atom. The Morgan fingerprint density at radius 2 is 1.73 bits per heavy atom. The summed E-state index contributed by atoms with van der Waals surface area (Å²) in [5.74, 6) is 1.60. The van der Waals surface area contributed by atoms with Crippen molar-refractivity contribution in [3.63, 3.8) is 0 Å². The first-order chi connectivity index (χ1) is 12.8. The molecule has 4 rings (SSSR count). The normalized spacial score (nSPS) is 10.7. The molecule has 0 bridgehead atoms. The van der Waals surface area contributed by atoms with Crippen LogP contribution >= 0.6 is 0 Å². The van der Waals surface area contributed by atoms with Crippen LogP contribution < -0.4 is 10.2 Å². The molecule has 0 spiro atoms. The van der Waals surface area contributed by atoms with Crippen LogP contribution in [0.2, 0.25) is 0 Å². The Balaban J connectivity index is 1.57. The topological polar surface area (TPSA) is 53.9 Å². The van der Waals surface area contributed by atoms with Crippen molar-refractivity contribution in [2.45, 2.75) is 6.54 Å². The number of hydrogen-bond acceptors (Lipinski definition) is 5. The number of fused-ring (bicyclic) bond motifs is 1. The molecule has 0 saturated heterocycles. The molecule has 0 aliphatic carbocycles. The monoisotopic (exact) mass is 341 g/mol. The lowest BCUT2D eigenvalue weighted by molar-refractivity contribution is 0.892. The third-order valence-corrected chi connectivity index (χ3v) is 4.20. The highest BCUT2D eigenvalue weighted by Gasteiger charge is 2.07. The fraction of sp³-hybridized carbons (Fsp3) is 0.0952. The molecule has 1 N–H and O–H groups in total. The van der Waals surface area contributed by atoms with E-state index in [1.807, 2.05) is 61.6 Å². The summed E-state index contributed by atoms with van der Waals surface area (Å²) in [6, 6.07) is 22.3. The van der Waals surface area contributed by atoms with Crippen molar-refractivity contribution in [2.75, 3.05) is 17.3 Å². The molecule has 0 radical (unpaired) electrons. The van der Waals surface area contributed by atoms with Crippen LogP contribution in [0.1, 0.15) is 5.56 Å². The molecule has 0 aliphatic heterocycles. The highest BCUT2D eigenvalue weighted by molar-refractivity contribution is 5.91. The van der Waals surface area contributed by atoms with Crippen molar-refractivity contribution < 1.29 is 0 Å². The maximum absolute atomic E-state index is 4.47. The van der Waals surface area contributed by atoms with E-state index in [4.69, 9.17) is 0 Å². The third kappa shape index (κ3) is 3.47. The van der Waals surface area contributed by atoms with Gasteiger partial charge in [0.15, 0.2) is 0 Å². The van der Waals surface area contributed by atoms with E-state index in [1.54, 1.807) is 12.5 Å². The molecule has 2 heterocycles. The molecular formula is C21H19N5. The van der Waals surface area contributed by atoms with Gasteiger partial charge in [0.1, 0.15) is 18.0 Å². The van der Waals surface area contributed by atoms with E-state index < -0.39 is 0 Å². The molecule has 2 aromatic heterocycles. The van der Waals surface area contributed by atoms with Crippen molar-refractivity contribution >= 4 is 28.2 Å². The van der Waals surface area contributed by atoms with E-state index in [0.717, 1.165) is 34.8 Å². The summed E-state index contributed by atoms with van der Waals surface area (Å²) in [6.07, 6.45) is 3.38. The van der Waals surface area contributed by atoms with Crippen LogP contribution in [0.5, 0.6) is 0 Å². The van der Waals surface area contributed by atoms with Crippen molar-refractivity contribution in [1.82, 2.24) is 15.0 Å². The zero-order valence-electron chi connectivity index (χ0n) is 14.5. The minimum absolute atomic E-state index is 0.744. The largest absolute Gasteiger partial charge is 0.355 e. The van der Waals surface area contributed by atoms with Gasteiger partial charge in [-0.3, -0.25) is 4.98 Å². The Hall–Kier alpha value is -3.47. The lowest BCUT2D eigenvalue weighted by Gasteiger charge is -2.19. The average Bonchev–Trinajstić information content (AvgIpc) is 2.69. The average molecular weight is 341 g/mol. The Morgan fingerprint density at radius 1 is 0.885 bits per heavy atom. The zero-order valence-corrected chi connectivity index (χ0v) is 14.5. The van der Waals surface area contributed by atoms with Crippen LogP contribution in [0.4, 0.5) is 17.3 Å². The van der Waals surface area contributed by atoms with E-state index in [2.05, 4.69) is 37.3 Å². The molecule has 26 heavy (non-hydrogen) atoms. The van der Waals surface area contributed by atoms with Crippen molar-refractivity contribution in [3.8, 4) is 0 Å². The van der Waals surface area contributed by atoms with Gasteiger partial charge in [0.05, 0.1) is 11.2 Å². The summed E-state index contributed by atoms with van der Waals surface area (Å²) in [5.41, 5.74) is 3.09. The van der Waals surface area contributed by atoms with Crippen LogP contribution in [-0.2, 0) is 6.54 Å². The molecule has 4 aromatic rings. The van der Waals surface area contributed by atoms with Crippen molar-refractivity contribution in [3.05, 3.63) is 84.8 Å². The number of benzene rings is 2. The summed E-state index contributed by atoms with van der Waals surface area (Å²) in [6.45, 7) is 0.785. The number of nitrogens with zero attached hydrogens (tertiary/aromatic N) is 4. The number of anilines is 3. The predicted molar refractivity (Wildman–Crippen MR) is 106 cm³/mol. The number of aromatic nitrogens is 3. The summed E-state index contributed by atoms with van der Waals surface area (Å²) in [4.78, 5) is 15.3. The van der Waals surface area contributed by atoms with Crippen molar-refractivity contribution in [2.24, 2.45) is 0 Å². The van der Waals surface area contributed by atoms with Gasteiger partial charge in [0, 0.05) is 31.2 Å². The van der Waals surface area contributed by atoms with Crippen LogP contribution in [0.3, 0.4) is 0 Å². The van der Waals surface area contributed by atoms with Gasteiger partial charge in [-0.15, -0.1) is 0 Å². The molecule has 0 amide bonds. The van der Waals surface area contributed by atoms with Gasteiger partial charge < -0.3 is 10.2 Å². The maximum atomic E-state index is 4.47. The summed E-state index contributed by atoms with van der Waals surface area (Å²) < 4.78 is 0. The fourth-order valence-electron chi connectivity index (χ4n) is 2.91. The number of para-hydroxylation sites is 1. The van der Waals surface area contributed by atoms with E-state index in [0.29, 0.717) is 0 Å².